The molecule has 0 aliphatic heterocycles. The van der Waals surface area contributed by atoms with E-state index in [1.807, 2.05) is 0 Å². The van der Waals surface area contributed by atoms with Gasteiger partial charge in [-0.25, -0.2) is 4.99 Å². The van der Waals surface area contributed by atoms with E-state index in [1.165, 1.54) is 0 Å². The Morgan fingerprint density at radius 2 is 2.20 bits per heavy atom. The molecule has 0 atom stereocenters. The number of aliphatic imine (C=N–C) groups is 1. The van der Waals surface area contributed by atoms with Crippen molar-refractivity contribution in [1.82, 2.24) is 0 Å². The fourth-order valence-corrected chi connectivity index (χ4v) is 1.35. The van der Waals surface area contributed by atoms with Gasteiger partial charge in [0.1, 0.15) is 6.34 Å². The van der Waals surface area contributed by atoms with Crippen molar-refractivity contribution in [3.05, 3.63) is 9.66 Å². The Kier molecular flexibility index (Phi) is 5.48. The van der Waals surface area contributed by atoms with Crippen LogP contribution in [0.5, 0.6) is 0 Å². The summed E-state index contributed by atoms with van der Waals surface area (Å²) in [4.78, 5) is 3.67. The molecule has 10 heavy (non-hydrogen) atoms. The molecule has 0 unspecified atom stereocenters. The number of allylic oxidation sites excluding steroid dienone is 2. The summed E-state index contributed by atoms with van der Waals surface area (Å²) in [5, 5.41) is 6.62. The molecule has 0 saturated carbocycles. The lowest BCUT2D eigenvalue weighted by molar-refractivity contribution is 0.832. The summed E-state index contributed by atoms with van der Waals surface area (Å²) in [6.07, 6.45) is 4.80. The quantitative estimate of drug-likeness (QED) is 0.454. The maximum atomic E-state index is 6.62. The van der Waals surface area contributed by atoms with E-state index < -0.39 is 0 Å². The minimum Gasteiger partial charge on any atom is -0.290 e. The van der Waals surface area contributed by atoms with Crippen molar-refractivity contribution < 1.29 is 0 Å². The number of nitrogens with one attached hydrogen (secondary N) is 1. The molecular weight excluding hydrogens is 239 g/mol. The maximum Gasteiger partial charge on any atom is 0.106 e. The van der Waals surface area contributed by atoms with Crippen molar-refractivity contribution in [2.75, 3.05) is 0 Å². The first-order valence-corrected chi connectivity index (χ1v) is 4.14. The molecule has 0 aromatic carbocycles. The standard InChI is InChI=1S/C7H11IN2/c1-6(2)3-7(8)4-10-5-9/h3-6,9H,1-2H3/b7-3?,9-5?,10-4-. The van der Waals surface area contributed by atoms with Gasteiger partial charge in [-0.3, -0.25) is 5.41 Å². The molecule has 0 aliphatic rings. The molecule has 0 amide bonds. The molecule has 0 bridgehead atoms. The highest BCUT2D eigenvalue weighted by atomic mass is 127. The third kappa shape index (κ3) is 5.94. The van der Waals surface area contributed by atoms with E-state index in [4.69, 9.17) is 5.41 Å². The fourth-order valence-electron chi connectivity index (χ4n) is 0.470. The average molecular weight is 250 g/mol. The summed E-state index contributed by atoms with van der Waals surface area (Å²) < 4.78 is 1.08. The lowest BCUT2D eigenvalue weighted by atomic mass is 10.2. The minimum absolute atomic E-state index is 0.545. The Morgan fingerprint density at radius 3 is 2.60 bits per heavy atom. The molecule has 3 heteroatoms. The Morgan fingerprint density at radius 1 is 1.60 bits per heavy atom. The number of hydrogen-bond donors (Lipinski definition) is 1. The first-order chi connectivity index (χ1) is 4.66. The van der Waals surface area contributed by atoms with Crippen LogP contribution in [0.4, 0.5) is 0 Å². The van der Waals surface area contributed by atoms with Crippen LogP contribution in [0, 0.1) is 11.3 Å². The van der Waals surface area contributed by atoms with Crippen molar-refractivity contribution in [3.8, 4) is 0 Å². The molecule has 0 fully saturated rings. The van der Waals surface area contributed by atoms with Crippen LogP contribution in [0.15, 0.2) is 14.6 Å². The highest BCUT2D eigenvalue weighted by Crippen LogP contribution is 2.06. The molecule has 0 aliphatic carbocycles. The van der Waals surface area contributed by atoms with Gasteiger partial charge in [0, 0.05) is 9.79 Å². The van der Waals surface area contributed by atoms with Crippen LogP contribution in [0.3, 0.4) is 0 Å². The summed E-state index contributed by atoms with van der Waals surface area (Å²) in [6.45, 7) is 4.22. The third-order valence-electron chi connectivity index (χ3n) is 0.765. The normalized spacial score (nSPS) is 13.0. The monoisotopic (exact) mass is 250 g/mol. The van der Waals surface area contributed by atoms with Gasteiger partial charge < -0.3 is 0 Å². The zero-order valence-electron chi connectivity index (χ0n) is 6.13. The fraction of sp³-hybridized carbons (Fsp3) is 0.429. The van der Waals surface area contributed by atoms with E-state index in [1.54, 1.807) is 6.21 Å². The van der Waals surface area contributed by atoms with Crippen molar-refractivity contribution >= 4 is 35.1 Å². The summed E-state index contributed by atoms with van der Waals surface area (Å²) in [7, 11) is 0. The zero-order chi connectivity index (χ0) is 7.98. The van der Waals surface area contributed by atoms with Gasteiger partial charge in [-0.05, 0) is 28.5 Å². The largest absolute Gasteiger partial charge is 0.290 e. The molecule has 0 rings (SSSR count). The summed E-state index contributed by atoms with van der Waals surface area (Å²) in [5.74, 6) is 0.545. The second-order valence-electron chi connectivity index (χ2n) is 2.20. The number of hydrogen-bond acceptors (Lipinski definition) is 1. The summed E-state index contributed by atoms with van der Waals surface area (Å²) in [5.41, 5.74) is 0. The Balaban J connectivity index is 3.93. The van der Waals surface area contributed by atoms with Crippen LogP contribution in [0.2, 0.25) is 0 Å². The summed E-state index contributed by atoms with van der Waals surface area (Å²) >= 11 is 2.19. The second kappa shape index (κ2) is 5.58. The minimum atomic E-state index is 0.545. The van der Waals surface area contributed by atoms with Crippen LogP contribution in [0.1, 0.15) is 13.8 Å². The highest BCUT2D eigenvalue weighted by Gasteiger charge is 1.87. The van der Waals surface area contributed by atoms with Crippen molar-refractivity contribution in [2.45, 2.75) is 13.8 Å². The smallest absolute Gasteiger partial charge is 0.106 e. The van der Waals surface area contributed by atoms with Crippen molar-refractivity contribution in [3.63, 3.8) is 0 Å². The predicted octanol–water partition coefficient (Wildman–Crippen LogP) is 2.64. The van der Waals surface area contributed by atoms with E-state index >= 15 is 0 Å². The molecule has 0 spiro atoms. The number of rotatable bonds is 3. The Bertz CT molecular complexity index is 159. The van der Waals surface area contributed by atoms with Crippen molar-refractivity contribution in [2.24, 2.45) is 10.9 Å². The molecule has 0 radical (unpaired) electrons. The van der Waals surface area contributed by atoms with Gasteiger partial charge in [0.15, 0.2) is 0 Å². The van der Waals surface area contributed by atoms with Crippen LogP contribution in [-0.4, -0.2) is 12.6 Å². The van der Waals surface area contributed by atoms with Gasteiger partial charge in [-0.2, -0.15) is 0 Å². The Hall–Kier alpha value is -0.190. The second-order valence-corrected chi connectivity index (χ2v) is 3.45. The third-order valence-corrected chi connectivity index (χ3v) is 1.40. The van der Waals surface area contributed by atoms with E-state index in [0.29, 0.717) is 5.92 Å². The van der Waals surface area contributed by atoms with Crippen LogP contribution >= 0.6 is 22.6 Å². The van der Waals surface area contributed by atoms with Gasteiger partial charge in [-0.15, -0.1) is 0 Å². The van der Waals surface area contributed by atoms with E-state index in [-0.39, 0.29) is 0 Å². The molecule has 0 saturated heterocycles. The van der Waals surface area contributed by atoms with Gasteiger partial charge in [-0.1, -0.05) is 19.9 Å². The zero-order valence-corrected chi connectivity index (χ0v) is 8.29. The van der Waals surface area contributed by atoms with Gasteiger partial charge in [0.05, 0.1) is 0 Å². The lowest BCUT2D eigenvalue weighted by Crippen LogP contribution is -1.81. The number of halogens is 1. The van der Waals surface area contributed by atoms with Crippen LogP contribution in [0.25, 0.3) is 0 Å². The first-order valence-electron chi connectivity index (χ1n) is 3.06. The number of nitrogens with zero attached hydrogens (tertiary/aromatic N) is 1. The van der Waals surface area contributed by atoms with Gasteiger partial charge in [0.25, 0.3) is 0 Å². The van der Waals surface area contributed by atoms with Crippen LogP contribution < -0.4 is 0 Å². The molecule has 0 heterocycles. The van der Waals surface area contributed by atoms with Crippen molar-refractivity contribution in [1.29, 1.82) is 5.41 Å². The molecule has 2 nitrogen and oxygen atoms in total. The molecule has 1 N–H and O–H groups in total. The van der Waals surface area contributed by atoms with E-state index in [0.717, 1.165) is 9.92 Å². The summed E-state index contributed by atoms with van der Waals surface area (Å²) in [6, 6.07) is 0. The molecular formula is C7H11IN2. The lowest BCUT2D eigenvalue weighted by Gasteiger charge is -1.93. The Labute approximate surface area is 75.1 Å². The molecule has 0 aromatic rings. The van der Waals surface area contributed by atoms with Gasteiger partial charge in [0.2, 0.25) is 0 Å². The molecule has 0 aromatic heterocycles. The molecule has 56 valence electrons. The average Bonchev–Trinajstić information content (AvgIpc) is 1.82. The van der Waals surface area contributed by atoms with Gasteiger partial charge >= 0.3 is 0 Å². The van der Waals surface area contributed by atoms with E-state index in [2.05, 4.69) is 47.5 Å². The highest BCUT2D eigenvalue weighted by molar-refractivity contribution is 14.1. The van der Waals surface area contributed by atoms with E-state index in [9.17, 15) is 0 Å². The SMILES string of the molecule is CC(C)C=C(I)/C=N\C=N. The van der Waals surface area contributed by atoms with Crippen LogP contribution in [-0.2, 0) is 0 Å². The first kappa shape index (κ1) is 9.81. The maximum absolute atomic E-state index is 6.62. The topological polar surface area (TPSA) is 36.2 Å². The predicted molar refractivity (Wildman–Crippen MR) is 54.2 cm³/mol.